The van der Waals surface area contributed by atoms with Crippen LogP contribution in [0.25, 0.3) is 0 Å². The summed E-state index contributed by atoms with van der Waals surface area (Å²) in [4.78, 5) is 0. The normalized spacial score (nSPS) is 18.8. The average molecular weight is 238 g/mol. The molecule has 2 N–H and O–H groups in total. The third-order valence-electron chi connectivity index (χ3n) is 3.24. The second kappa shape index (κ2) is 5.60. The van der Waals surface area contributed by atoms with Crippen molar-refractivity contribution < 1.29 is 5.11 Å². The Labute approximate surface area is 102 Å². The Morgan fingerprint density at radius 2 is 2.18 bits per heavy atom. The van der Waals surface area contributed by atoms with Gasteiger partial charge in [-0.15, -0.1) is 10.2 Å². The highest BCUT2D eigenvalue weighted by molar-refractivity contribution is 4.98. The van der Waals surface area contributed by atoms with Crippen molar-refractivity contribution >= 4 is 0 Å². The smallest absolute Gasteiger partial charge is 0.147 e. The van der Waals surface area contributed by atoms with Gasteiger partial charge in [0.05, 0.1) is 12.6 Å². The van der Waals surface area contributed by atoms with Crippen molar-refractivity contribution in [3.8, 4) is 0 Å². The number of fused-ring (bicyclic) bond motifs is 1. The third kappa shape index (κ3) is 3.26. The number of nitrogens with zero attached hydrogens (tertiary/aromatic N) is 3. The number of hydrogen-bond acceptors (Lipinski definition) is 4. The molecule has 0 aliphatic carbocycles. The van der Waals surface area contributed by atoms with Crippen LogP contribution in [-0.4, -0.2) is 32.0 Å². The zero-order chi connectivity index (χ0) is 12.3. The fraction of sp³-hybridized carbons (Fsp3) is 0.833. The van der Waals surface area contributed by atoms with Crippen LogP contribution < -0.4 is 5.32 Å². The average Bonchev–Trinajstić information content (AvgIpc) is 2.69. The summed E-state index contributed by atoms with van der Waals surface area (Å²) in [5.74, 6) is 2.15. The summed E-state index contributed by atoms with van der Waals surface area (Å²) in [6.45, 7) is 5.68. The summed E-state index contributed by atoms with van der Waals surface area (Å²) in [7, 11) is 0. The van der Waals surface area contributed by atoms with Crippen molar-refractivity contribution in [3.05, 3.63) is 11.6 Å². The van der Waals surface area contributed by atoms with E-state index in [0.29, 0.717) is 6.04 Å². The predicted octanol–water partition coefficient (Wildman–Crippen LogP) is 0.863. The fourth-order valence-electron chi connectivity index (χ4n) is 2.36. The number of nitrogens with one attached hydrogen (secondary N) is 1. The topological polar surface area (TPSA) is 63.0 Å². The van der Waals surface area contributed by atoms with Gasteiger partial charge in [0.1, 0.15) is 11.6 Å². The Morgan fingerprint density at radius 1 is 1.35 bits per heavy atom. The van der Waals surface area contributed by atoms with Crippen LogP contribution in [0.3, 0.4) is 0 Å². The van der Waals surface area contributed by atoms with Gasteiger partial charge in [0.25, 0.3) is 0 Å². The summed E-state index contributed by atoms with van der Waals surface area (Å²) >= 11 is 0. The van der Waals surface area contributed by atoms with Crippen LogP contribution in [0.5, 0.6) is 0 Å². The van der Waals surface area contributed by atoms with Crippen molar-refractivity contribution in [1.29, 1.82) is 0 Å². The maximum absolute atomic E-state index is 9.30. The fourth-order valence-corrected chi connectivity index (χ4v) is 2.36. The van der Waals surface area contributed by atoms with E-state index < -0.39 is 0 Å². The van der Waals surface area contributed by atoms with Crippen molar-refractivity contribution in [2.24, 2.45) is 0 Å². The van der Waals surface area contributed by atoms with E-state index in [0.717, 1.165) is 37.6 Å². The predicted molar refractivity (Wildman–Crippen MR) is 65.6 cm³/mol. The Bertz CT molecular complexity index is 361. The first-order valence-corrected chi connectivity index (χ1v) is 6.49. The minimum atomic E-state index is -0.259. The van der Waals surface area contributed by atoms with Crippen molar-refractivity contribution in [3.63, 3.8) is 0 Å². The summed E-state index contributed by atoms with van der Waals surface area (Å²) in [5.41, 5.74) is 0. The number of aliphatic hydroxyl groups excluding tert-OH is 1. The molecule has 0 saturated heterocycles. The molecule has 0 amide bonds. The van der Waals surface area contributed by atoms with Crippen LogP contribution in [-0.2, 0) is 19.5 Å². The lowest BCUT2D eigenvalue weighted by Crippen LogP contribution is -2.30. The second-order valence-electron chi connectivity index (χ2n) is 5.01. The van der Waals surface area contributed by atoms with E-state index in [1.54, 1.807) is 0 Å². The Morgan fingerprint density at radius 3 is 2.94 bits per heavy atom. The van der Waals surface area contributed by atoms with Crippen molar-refractivity contribution in [2.45, 2.75) is 64.8 Å². The number of aromatic nitrogens is 3. The van der Waals surface area contributed by atoms with E-state index in [4.69, 9.17) is 0 Å². The van der Waals surface area contributed by atoms with Gasteiger partial charge in [-0.1, -0.05) is 0 Å². The molecule has 0 aromatic carbocycles. The van der Waals surface area contributed by atoms with Gasteiger partial charge in [-0.3, -0.25) is 0 Å². The summed E-state index contributed by atoms with van der Waals surface area (Å²) < 4.78 is 2.23. The largest absolute Gasteiger partial charge is 0.393 e. The Hall–Kier alpha value is -0.940. The highest BCUT2D eigenvalue weighted by atomic mass is 16.3. The molecule has 0 saturated carbocycles. The molecule has 5 nitrogen and oxygen atoms in total. The van der Waals surface area contributed by atoms with Crippen LogP contribution in [0.15, 0.2) is 0 Å². The van der Waals surface area contributed by atoms with Crippen LogP contribution >= 0.6 is 0 Å². The number of rotatable bonds is 5. The van der Waals surface area contributed by atoms with Gasteiger partial charge in [-0.25, -0.2) is 0 Å². The Balaban J connectivity index is 1.88. The Kier molecular flexibility index (Phi) is 4.12. The van der Waals surface area contributed by atoms with E-state index in [-0.39, 0.29) is 6.10 Å². The lowest BCUT2D eigenvalue weighted by atomic mass is 10.1. The van der Waals surface area contributed by atoms with Crippen LogP contribution in [0, 0.1) is 0 Å². The first-order valence-electron chi connectivity index (χ1n) is 6.49. The van der Waals surface area contributed by atoms with Gasteiger partial charge in [0.15, 0.2) is 0 Å². The van der Waals surface area contributed by atoms with E-state index >= 15 is 0 Å². The lowest BCUT2D eigenvalue weighted by molar-refractivity contribution is 0.170. The number of aryl methyl sites for hydroxylation is 1. The summed E-state index contributed by atoms with van der Waals surface area (Å²) in [5, 5.41) is 21.1. The molecule has 2 atom stereocenters. The molecule has 0 fully saturated rings. The minimum Gasteiger partial charge on any atom is -0.393 e. The standard InChI is InChI=1S/C12H22N4O/c1-9(7-10(2)17)13-8-12-15-14-11-5-3-4-6-16(11)12/h9-10,13,17H,3-8H2,1-2H3. The zero-order valence-corrected chi connectivity index (χ0v) is 10.7. The third-order valence-corrected chi connectivity index (χ3v) is 3.24. The van der Waals surface area contributed by atoms with Gasteiger partial charge in [-0.05, 0) is 33.1 Å². The first-order chi connectivity index (χ1) is 8.16. The second-order valence-corrected chi connectivity index (χ2v) is 5.01. The molecule has 1 aromatic heterocycles. The van der Waals surface area contributed by atoms with Gasteiger partial charge >= 0.3 is 0 Å². The van der Waals surface area contributed by atoms with Gasteiger partial charge in [-0.2, -0.15) is 0 Å². The van der Waals surface area contributed by atoms with Crippen LogP contribution in [0.1, 0.15) is 44.8 Å². The maximum atomic E-state index is 9.30. The zero-order valence-electron chi connectivity index (χ0n) is 10.7. The summed E-state index contributed by atoms with van der Waals surface area (Å²) in [6.07, 6.45) is 4.01. The molecule has 1 aliphatic rings. The highest BCUT2D eigenvalue weighted by Crippen LogP contribution is 2.14. The van der Waals surface area contributed by atoms with E-state index in [1.165, 1.54) is 12.8 Å². The van der Waals surface area contributed by atoms with E-state index in [1.807, 2.05) is 6.92 Å². The lowest BCUT2D eigenvalue weighted by Gasteiger charge is -2.17. The molecule has 0 radical (unpaired) electrons. The van der Waals surface area contributed by atoms with Gasteiger partial charge < -0.3 is 15.0 Å². The van der Waals surface area contributed by atoms with E-state index in [9.17, 15) is 5.11 Å². The number of aliphatic hydroxyl groups is 1. The molecule has 1 aliphatic heterocycles. The van der Waals surface area contributed by atoms with Crippen molar-refractivity contribution in [1.82, 2.24) is 20.1 Å². The van der Waals surface area contributed by atoms with Crippen LogP contribution in [0.2, 0.25) is 0 Å². The molecule has 5 heteroatoms. The number of hydrogen-bond donors (Lipinski definition) is 2. The highest BCUT2D eigenvalue weighted by Gasteiger charge is 2.16. The molecule has 2 rings (SSSR count). The summed E-state index contributed by atoms with van der Waals surface area (Å²) in [6, 6.07) is 0.298. The molecule has 0 bridgehead atoms. The molecular formula is C12H22N4O. The van der Waals surface area contributed by atoms with Crippen LogP contribution in [0.4, 0.5) is 0 Å². The van der Waals surface area contributed by atoms with Gasteiger partial charge in [0, 0.05) is 19.0 Å². The molecule has 17 heavy (non-hydrogen) atoms. The maximum Gasteiger partial charge on any atom is 0.147 e. The van der Waals surface area contributed by atoms with E-state index in [2.05, 4.69) is 27.0 Å². The molecule has 2 unspecified atom stereocenters. The first kappa shape index (κ1) is 12.5. The van der Waals surface area contributed by atoms with Crippen molar-refractivity contribution in [2.75, 3.05) is 0 Å². The van der Waals surface area contributed by atoms with Gasteiger partial charge in [0.2, 0.25) is 0 Å². The molecule has 0 spiro atoms. The molecule has 2 heterocycles. The minimum absolute atomic E-state index is 0.259. The quantitative estimate of drug-likeness (QED) is 0.799. The molecular weight excluding hydrogens is 216 g/mol. The SMILES string of the molecule is CC(O)CC(C)NCc1nnc2n1CCCC2. The molecule has 96 valence electrons. The molecule has 1 aromatic rings. The monoisotopic (exact) mass is 238 g/mol.